The number of rotatable bonds is 7. The van der Waals surface area contributed by atoms with Crippen molar-refractivity contribution in [2.45, 2.75) is 25.7 Å². The molecule has 0 fully saturated rings. The zero-order chi connectivity index (χ0) is 18.4. The second-order valence-corrected chi connectivity index (χ2v) is 6.50. The summed E-state index contributed by atoms with van der Waals surface area (Å²) in [4.78, 5) is 12.1. The summed E-state index contributed by atoms with van der Waals surface area (Å²) < 4.78 is 24.2. The van der Waals surface area contributed by atoms with Gasteiger partial charge in [-0.3, -0.25) is 4.79 Å². The van der Waals surface area contributed by atoms with Gasteiger partial charge in [0.25, 0.3) is 0 Å². The molecule has 2 aromatic rings. The maximum absolute atomic E-state index is 13.6. The average molecular weight is 345 g/mol. The normalized spacial score (nSPS) is 11.1. The van der Waals surface area contributed by atoms with Crippen molar-refractivity contribution in [3.8, 4) is 11.5 Å². The Morgan fingerprint density at radius 3 is 2.40 bits per heavy atom. The summed E-state index contributed by atoms with van der Waals surface area (Å²) in [5.41, 5.74) is 1.09. The van der Waals surface area contributed by atoms with Crippen LogP contribution in [0.1, 0.15) is 25.0 Å². The number of ether oxygens (including phenoxy) is 2. The van der Waals surface area contributed by atoms with Gasteiger partial charge in [0.15, 0.2) is 11.5 Å². The number of methoxy groups -OCH3 is 2. The summed E-state index contributed by atoms with van der Waals surface area (Å²) in [5, 5.41) is 2.89. The van der Waals surface area contributed by atoms with Gasteiger partial charge in [0.2, 0.25) is 5.91 Å². The van der Waals surface area contributed by atoms with Crippen LogP contribution in [0.3, 0.4) is 0 Å². The first-order valence-electron chi connectivity index (χ1n) is 8.10. The van der Waals surface area contributed by atoms with Crippen LogP contribution < -0.4 is 14.8 Å². The molecule has 0 aliphatic carbocycles. The van der Waals surface area contributed by atoms with E-state index in [-0.39, 0.29) is 23.6 Å². The number of nitrogens with one attached hydrogen (secondary N) is 1. The smallest absolute Gasteiger partial charge is 0.224 e. The highest BCUT2D eigenvalue weighted by atomic mass is 19.1. The Bertz CT molecular complexity index is 743. The molecule has 0 aliphatic rings. The molecule has 1 amide bonds. The molecule has 0 radical (unpaired) electrons. The molecule has 0 spiro atoms. The van der Waals surface area contributed by atoms with Crippen LogP contribution in [-0.4, -0.2) is 26.7 Å². The van der Waals surface area contributed by atoms with Gasteiger partial charge in [0, 0.05) is 12.0 Å². The van der Waals surface area contributed by atoms with Crippen LogP contribution in [0.2, 0.25) is 0 Å². The monoisotopic (exact) mass is 345 g/mol. The highest BCUT2D eigenvalue weighted by Crippen LogP contribution is 2.32. The summed E-state index contributed by atoms with van der Waals surface area (Å²) >= 11 is 0. The van der Waals surface area contributed by atoms with Crippen molar-refractivity contribution in [2.24, 2.45) is 0 Å². The van der Waals surface area contributed by atoms with Crippen LogP contribution in [0.15, 0.2) is 42.5 Å². The fourth-order valence-corrected chi connectivity index (χ4v) is 2.56. The van der Waals surface area contributed by atoms with E-state index in [1.165, 1.54) is 6.07 Å². The second kappa shape index (κ2) is 8.01. The maximum atomic E-state index is 13.6. The fourth-order valence-electron chi connectivity index (χ4n) is 2.56. The summed E-state index contributed by atoms with van der Waals surface area (Å²) in [6, 6.07) is 12.0. The lowest BCUT2D eigenvalue weighted by Crippen LogP contribution is -2.37. The van der Waals surface area contributed by atoms with Gasteiger partial charge in [-0.15, -0.1) is 0 Å². The third-order valence-corrected chi connectivity index (χ3v) is 4.20. The van der Waals surface area contributed by atoms with Crippen LogP contribution in [0, 0.1) is 5.82 Å². The molecular weight excluding hydrogens is 321 g/mol. The topological polar surface area (TPSA) is 47.6 Å². The molecule has 5 heteroatoms. The third kappa shape index (κ3) is 4.72. The Kier molecular flexibility index (Phi) is 6.02. The Balaban J connectivity index is 2.03. The number of hydrogen-bond donors (Lipinski definition) is 1. The molecular formula is C20H24FNO3. The molecule has 134 valence electrons. The zero-order valence-electron chi connectivity index (χ0n) is 15.1. The molecule has 0 aromatic heterocycles. The summed E-state index contributed by atoms with van der Waals surface area (Å²) in [7, 11) is 3.18. The van der Waals surface area contributed by atoms with Gasteiger partial charge in [-0.25, -0.2) is 4.39 Å². The van der Waals surface area contributed by atoms with E-state index >= 15 is 0 Å². The van der Waals surface area contributed by atoms with Crippen LogP contribution >= 0.6 is 0 Å². The Morgan fingerprint density at radius 2 is 1.76 bits per heavy atom. The maximum Gasteiger partial charge on any atom is 0.224 e. The van der Waals surface area contributed by atoms with Crippen molar-refractivity contribution >= 4 is 5.91 Å². The molecule has 4 nitrogen and oxygen atoms in total. The van der Waals surface area contributed by atoms with E-state index in [1.54, 1.807) is 32.4 Å². The molecule has 2 rings (SSSR count). The highest BCUT2D eigenvalue weighted by molar-refractivity contribution is 5.78. The van der Waals surface area contributed by atoms with Crippen LogP contribution in [-0.2, 0) is 16.6 Å². The van der Waals surface area contributed by atoms with E-state index in [4.69, 9.17) is 9.47 Å². The summed E-state index contributed by atoms with van der Waals surface area (Å²) in [6.45, 7) is 4.48. The van der Waals surface area contributed by atoms with Crippen LogP contribution in [0.25, 0.3) is 0 Å². The number of carbonyl (C=O) groups excluding carboxylic acids is 1. The number of benzene rings is 2. The molecule has 2 aromatic carbocycles. The van der Waals surface area contributed by atoms with E-state index in [1.807, 2.05) is 32.0 Å². The standard InChI is InChI=1S/C20H24FNO3/c1-20(2,15-9-10-17(24-3)18(12-15)25-4)13-22-19(23)11-14-7-5-6-8-16(14)21/h5-10,12H,11,13H2,1-4H3,(H,22,23). The Morgan fingerprint density at radius 1 is 1.08 bits per heavy atom. The molecule has 0 atom stereocenters. The lowest BCUT2D eigenvalue weighted by atomic mass is 9.84. The highest BCUT2D eigenvalue weighted by Gasteiger charge is 2.23. The first kappa shape index (κ1) is 18.8. The first-order chi connectivity index (χ1) is 11.9. The lowest BCUT2D eigenvalue weighted by molar-refractivity contribution is -0.120. The van der Waals surface area contributed by atoms with Crippen molar-refractivity contribution in [1.29, 1.82) is 0 Å². The van der Waals surface area contributed by atoms with Gasteiger partial charge in [-0.2, -0.15) is 0 Å². The van der Waals surface area contributed by atoms with Gasteiger partial charge < -0.3 is 14.8 Å². The van der Waals surface area contributed by atoms with E-state index in [0.29, 0.717) is 23.6 Å². The number of halogens is 1. The fraction of sp³-hybridized carbons (Fsp3) is 0.350. The van der Waals surface area contributed by atoms with Crippen LogP contribution in [0.4, 0.5) is 4.39 Å². The second-order valence-electron chi connectivity index (χ2n) is 6.50. The van der Waals surface area contributed by atoms with E-state index in [0.717, 1.165) is 5.56 Å². The van der Waals surface area contributed by atoms with Crippen molar-refractivity contribution < 1.29 is 18.7 Å². The number of hydrogen-bond acceptors (Lipinski definition) is 3. The van der Waals surface area contributed by atoms with Crippen molar-refractivity contribution in [3.05, 3.63) is 59.4 Å². The average Bonchev–Trinajstić information content (AvgIpc) is 2.61. The summed E-state index contributed by atoms with van der Waals surface area (Å²) in [5.74, 6) is 0.729. The summed E-state index contributed by atoms with van der Waals surface area (Å²) in [6.07, 6.45) is 0.0225. The van der Waals surface area contributed by atoms with Gasteiger partial charge in [-0.05, 0) is 29.3 Å². The van der Waals surface area contributed by atoms with Crippen molar-refractivity contribution in [2.75, 3.05) is 20.8 Å². The van der Waals surface area contributed by atoms with Gasteiger partial charge in [0.1, 0.15) is 5.82 Å². The van der Waals surface area contributed by atoms with E-state index in [9.17, 15) is 9.18 Å². The van der Waals surface area contributed by atoms with E-state index < -0.39 is 0 Å². The van der Waals surface area contributed by atoms with Gasteiger partial charge in [0.05, 0.1) is 20.6 Å². The molecule has 0 bridgehead atoms. The number of amides is 1. The SMILES string of the molecule is COc1ccc(C(C)(C)CNC(=O)Cc2ccccc2F)cc1OC. The van der Waals surface area contributed by atoms with Gasteiger partial charge >= 0.3 is 0 Å². The Hall–Kier alpha value is -2.56. The largest absolute Gasteiger partial charge is 0.493 e. The molecule has 1 N–H and O–H groups in total. The molecule has 0 saturated carbocycles. The quantitative estimate of drug-likeness (QED) is 0.836. The van der Waals surface area contributed by atoms with Gasteiger partial charge in [-0.1, -0.05) is 38.1 Å². The zero-order valence-corrected chi connectivity index (χ0v) is 15.1. The predicted molar refractivity (Wildman–Crippen MR) is 95.7 cm³/mol. The molecule has 25 heavy (non-hydrogen) atoms. The molecule has 0 unspecified atom stereocenters. The Labute approximate surface area is 148 Å². The molecule has 0 heterocycles. The third-order valence-electron chi connectivity index (χ3n) is 4.20. The minimum absolute atomic E-state index is 0.0225. The van der Waals surface area contributed by atoms with Crippen molar-refractivity contribution in [3.63, 3.8) is 0 Å². The lowest BCUT2D eigenvalue weighted by Gasteiger charge is -2.26. The van der Waals surface area contributed by atoms with Crippen molar-refractivity contribution in [1.82, 2.24) is 5.32 Å². The molecule has 0 saturated heterocycles. The first-order valence-corrected chi connectivity index (χ1v) is 8.10. The molecule has 0 aliphatic heterocycles. The number of carbonyl (C=O) groups is 1. The van der Waals surface area contributed by atoms with E-state index in [2.05, 4.69) is 5.32 Å². The minimum atomic E-state index is -0.364. The van der Waals surface area contributed by atoms with Crippen LogP contribution in [0.5, 0.6) is 11.5 Å². The predicted octanol–water partition coefficient (Wildman–Crippen LogP) is 3.48. The minimum Gasteiger partial charge on any atom is -0.493 e.